The number of halogens is 2. The average molecular weight is 252 g/mol. The Hall–Kier alpha value is -1.56. The van der Waals surface area contributed by atoms with Gasteiger partial charge in [-0.15, -0.1) is 0 Å². The van der Waals surface area contributed by atoms with Gasteiger partial charge in [-0.1, -0.05) is 0 Å². The van der Waals surface area contributed by atoms with Crippen molar-refractivity contribution in [3.63, 3.8) is 0 Å². The van der Waals surface area contributed by atoms with Gasteiger partial charge in [0.25, 0.3) is 6.43 Å². The fourth-order valence-corrected chi connectivity index (χ4v) is 2.55. The molecule has 1 fully saturated rings. The van der Waals surface area contributed by atoms with E-state index in [9.17, 15) is 8.78 Å². The Morgan fingerprint density at radius 2 is 2.11 bits per heavy atom. The molecule has 1 saturated heterocycles. The Bertz CT molecular complexity index is 546. The highest BCUT2D eigenvalue weighted by atomic mass is 19.3. The summed E-state index contributed by atoms with van der Waals surface area (Å²) in [5.74, 6) is 0.184. The van der Waals surface area contributed by atoms with Crippen LogP contribution in [-0.4, -0.2) is 27.7 Å². The minimum Gasteiger partial charge on any atom is -0.317 e. The molecule has 0 aromatic carbocycles. The largest absolute Gasteiger partial charge is 0.317 e. The average Bonchev–Trinajstić information content (AvgIpc) is 2.85. The monoisotopic (exact) mass is 252 g/mol. The van der Waals surface area contributed by atoms with Crippen LogP contribution in [0.3, 0.4) is 0 Å². The molecule has 0 radical (unpaired) electrons. The van der Waals surface area contributed by atoms with E-state index in [1.54, 1.807) is 10.7 Å². The van der Waals surface area contributed by atoms with Gasteiger partial charge >= 0.3 is 0 Å². The first-order valence-corrected chi connectivity index (χ1v) is 6.08. The van der Waals surface area contributed by atoms with Crippen molar-refractivity contribution in [1.82, 2.24) is 19.9 Å². The highest BCUT2D eigenvalue weighted by Crippen LogP contribution is 2.33. The van der Waals surface area contributed by atoms with Gasteiger partial charge in [0.1, 0.15) is 6.33 Å². The number of piperidine rings is 1. The first-order chi connectivity index (χ1) is 8.75. The second-order valence-corrected chi connectivity index (χ2v) is 4.57. The van der Waals surface area contributed by atoms with E-state index in [0.29, 0.717) is 11.2 Å². The summed E-state index contributed by atoms with van der Waals surface area (Å²) in [7, 11) is 0. The lowest BCUT2D eigenvalue weighted by Crippen LogP contribution is -2.27. The number of rotatable bonds is 2. The standard InChI is InChI=1S/C12H14F2N4/c13-12(14)9-5-11-16-7-17-18(11)6-10(9)8-1-3-15-4-2-8/h5-8,12,15H,1-4H2. The number of hydrogen-bond acceptors (Lipinski definition) is 3. The first-order valence-electron chi connectivity index (χ1n) is 6.08. The maximum atomic E-state index is 13.1. The van der Waals surface area contributed by atoms with E-state index in [2.05, 4.69) is 15.4 Å². The Morgan fingerprint density at radius 1 is 1.33 bits per heavy atom. The molecule has 1 aliphatic rings. The smallest absolute Gasteiger partial charge is 0.264 e. The molecule has 0 aliphatic carbocycles. The van der Waals surface area contributed by atoms with E-state index in [1.165, 1.54) is 12.4 Å². The Balaban J connectivity index is 2.08. The molecule has 0 spiro atoms. The van der Waals surface area contributed by atoms with Crippen LogP contribution in [0.25, 0.3) is 5.65 Å². The van der Waals surface area contributed by atoms with E-state index < -0.39 is 6.43 Å². The SMILES string of the molecule is FC(F)c1cc2ncnn2cc1C1CCNCC1. The zero-order valence-corrected chi connectivity index (χ0v) is 9.81. The van der Waals surface area contributed by atoms with Gasteiger partial charge in [0, 0.05) is 11.8 Å². The molecule has 1 aliphatic heterocycles. The first kappa shape index (κ1) is 11.5. The predicted octanol–water partition coefficient (Wildman–Crippen LogP) is 2.13. The molecule has 4 nitrogen and oxygen atoms in total. The quantitative estimate of drug-likeness (QED) is 0.890. The zero-order chi connectivity index (χ0) is 12.5. The Morgan fingerprint density at radius 3 is 2.83 bits per heavy atom. The fourth-order valence-electron chi connectivity index (χ4n) is 2.55. The molecule has 0 unspecified atom stereocenters. The van der Waals surface area contributed by atoms with Crippen LogP contribution in [0, 0.1) is 0 Å². The molecule has 2 aromatic heterocycles. The summed E-state index contributed by atoms with van der Waals surface area (Å²) in [6.07, 6.45) is 2.41. The van der Waals surface area contributed by atoms with Crippen LogP contribution in [-0.2, 0) is 0 Å². The van der Waals surface area contributed by atoms with Crippen molar-refractivity contribution in [2.45, 2.75) is 25.2 Å². The number of fused-ring (bicyclic) bond motifs is 1. The third-order valence-electron chi connectivity index (χ3n) is 3.49. The van der Waals surface area contributed by atoms with Crippen LogP contribution < -0.4 is 5.32 Å². The number of alkyl halides is 2. The summed E-state index contributed by atoms with van der Waals surface area (Å²) >= 11 is 0. The third kappa shape index (κ3) is 1.96. The molecule has 1 N–H and O–H groups in total. The maximum absolute atomic E-state index is 13.1. The van der Waals surface area contributed by atoms with Gasteiger partial charge < -0.3 is 5.32 Å². The minimum atomic E-state index is -2.46. The summed E-state index contributed by atoms with van der Waals surface area (Å²) < 4.78 is 27.9. The molecule has 2 aromatic rings. The van der Waals surface area contributed by atoms with Gasteiger partial charge in [0.2, 0.25) is 0 Å². The number of nitrogens with zero attached hydrogens (tertiary/aromatic N) is 3. The topological polar surface area (TPSA) is 42.2 Å². The molecule has 0 atom stereocenters. The summed E-state index contributed by atoms with van der Waals surface area (Å²) in [5, 5.41) is 7.26. The van der Waals surface area contributed by atoms with Crippen molar-refractivity contribution in [1.29, 1.82) is 0 Å². The Labute approximate surface area is 103 Å². The molecular formula is C12H14F2N4. The van der Waals surface area contributed by atoms with E-state index in [0.717, 1.165) is 25.9 Å². The minimum absolute atomic E-state index is 0.0994. The van der Waals surface area contributed by atoms with Gasteiger partial charge in [-0.2, -0.15) is 5.10 Å². The highest BCUT2D eigenvalue weighted by Gasteiger charge is 2.23. The maximum Gasteiger partial charge on any atom is 0.264 e. The predicted molar refractivity (Wildman–Crippen MR) is 62.8 cm³/mol. The molecule has 6 heteroatoms. The van der Waals surface area contributed by atoms with Gasteiger partial charge in [-0.3, -0.25) is 0 Å². The summed E-state index contributed by atoms with van der Waals surface area (Å²) in [5.41, 5.74) is 1.29. The number of pyridine rings is 1. The van der Waals surface area contributed by atoms with Crippen molar-refractivity contribution in [3.05, 3.63) is 29.7 Å². The van der Waals surface area contributed by atoms with Crippen LogP contribution in [0.5, 0.6) is 0 Å². The highest BCUT2D eigenvalue weighted by molar-refractivity contribution is 5.45. The molecule has 0 saturated carbocycles. The third-order valence-corrected chi connectivity index (χ3v) is 3.49. The van der Waals surface area contributed by atoms with Crippen molar-refractivity contribution in [3.8, 4) is 0 Å². The van der Waals surface area contributed by atoms with Crippen molar-refractivity contribution >= 4 is 5.65 Å². The summed E-state index contributed by atoms with van der Waals surface area (Å²) in [6.45, 7) is 1.76. The van der Waals surface area contributed by atoms with Crippen LogP contribution in [0.1, 0.15) is 36.3 Å². The lowest BCUT2D eigenvalue weighted by molar-refractivity contribution is 0.149. The van der Waals surface area contributed by atoms with Crippen molar-refractivity contribution in [2.75, 3.05) is 13.1 Å². The van der Waals surface area contributed by atoms with Gasteiger partial charge in [0.05, 0.1) is 0 Å². The lowest BCUT2D eigenvalue weighted by Gasteiger charge is -2.24. The van der Waals surface area contributed by atoms with Gasteiger partial charge in [-0.25, -0.2) is 18.3 Å². The van der Waals surface area contributed by atoms with E-state index in [-0.39, 0.29) is 11.5 Å². The van der Waals surface area contributed by atoms with Crippen LogP contribution >= 0.6 is 0 Å². The second kappa shape index (κ2) is 4.61. The van der Waals surface area contributed by atoms with Crippen molar-refractivity contribution in [2.24, 2.45) is 0 Å². The number of nitrogens with one attached hydrogen (secondary N) is 1. The summed E-state index contributed by atoms with van der Waals surface area (Å²) in [4.78, 5) is 3.95. The molecule has 96 valence electrons. The van der Waals surface area contributed by atoms with Gasteiger partial charge in [0.15, 0.2) is 5.65 Å². The fraction of sp³-hybridized carbons (Fsp3) is 0.500. The second-order valence-electron chi connectivity index (χ2n) is 4.57. The van der Waals surface area contributed by atoms with E-state index >= 15 is 0 Å². The van der Waals surface area contributed by atoms with Crippen molar-refractivity contribution < 1.29 is 8.78 Å². The number of aromatic nitrogens is 3. The number of hydrogen-bond donors (Lipinski definition) is 1. The molecule has 18 heavy (non-hydrogen) atoms. The van der Waals surface area contributed by atoms with Crippen LogP contribution in [0.4, 0.5) is 8.78 Å². The zero-order valence-electron chi connectivity index (χ0n) is 9.81. The van der Waals surface area contributed by atoms with Crippen LogP contribution in [0.2, 0.25) is 0 Å². The molecule has 3 rings (SSSR count). The Kier molecular flexibility index (Phi) is 2.95. The van der Waals surface area contributed by atoms with E-state index in [1.807, 2.05) is 0 Å². The van der Waals surface area contributed by atoms with Crippen LogP contribution in [0.15, 0.2) is 18.6 Å². The normalized spacial score (nSPS) is 17.7. The summed E-state index contributed by atoms with van der Waals surface area (Å²) in [6, 6.07) is 1.45. The molecule has 0 amide bonds. The molecule has 3 heterocycles. The molecular weight excluding hydrogens is 238 g/mol. The molecule has 0 bridgehead atoms. The lowest BCUT2D eigenvalue weighted by atomic mass is 9.88. The van der Waals surface area contributed by atoms with Gasteiger partial charge in [-0.05, 0) is 43.5 Å². The van der Waals surface area contributed by atoms with E-state index in [4.69, 9.17) is 0 Å².